The topological polar surface area (TPSA) is 33.2 Å². The van der Waals surface area contributed by atoms with Crippen LogP contribution in [0.15, 0.2) is 48.7 Å². The predicted molar refractivity (Wildman–Crippen MR) is 86.1 cm³/mol. The zero-order chi connectivity index (χ0) is 15.2. The molecule has 0 radical (unpaired) electrons. The molecular formula is C18H20N2O. The van der Waals surface area contributed by atoms with Crippen LogP contribution < -0.4 is 0 Å². The van der Waals surface area contributed by atoms with Crippen molar-refractivity contribution >= 4 is 12.0 Å². The van der Waals surface area contributed by atoms with Gasteiger partial charge in [-0.25, -0.2) is 0 Å². The van der Waals surface area contributed by atoms with Gasteiger partial charge in [-0.1, -0.05) is 42.5 Å². The fourth-order valence-electron chi connectivity index (χ4n) is 1.97. The summed E-state index contributed by atoms with van der Waals surface area (Å²) in [7, 11) is 1.80. The summed E-state index contributed by atoms with van der Waals surface area (Å²) in [6.07, 6.45) is 5.65. The number of nitrogens with zero attached hydrogens (tertiary/aromatic N) is 2. The Kier molecular flexibility index (Phi) is 4.88. The van der Waals surface area contributed by atoms with E-state index >= 15 is 0 Å². The molecule has 0 unspecified atom stereocenters. The molecule has 1 aromatic carbocycles. The molecule has 0 saturated carbocycles. The SMILES string of the molecule is Cc1cc(C(=O)N(C)C/C=C/c2ccccc2)cnc1C. The van der Waals surface area contributed by atoms with Crippen LogP contribution in [0.5, 0.6) is 0 Å². The van der Waals surface area contributed by atoms with E-state index in [2.05, 4.69) is 4.98 Å². The van der Waals surface area contributed by atoms with Crippen LogP contribution >= 0.6 is 0 Å². The maximum atomic E-state index is 12.3. The van der Waals surface area contributed by atoms with Crippen molar-refractivity contribution in [3.8, 4) is 0 Å². The Bertz CT molecular complexity index is 648. The monoisotopic (exact) mass is 280 g/mol. The fourth-order valence-corrected chi connectivity index (χ4v) is 1.97. The summed E-state index contributed by atoms with van der Waals surface area (Å²) in [6.45, 7) is 4.48. The molecule has 0 bridgehead atoms. The third-order valence-corrected chi connectivity index (χ3v) is 3.42. The number of aromatic nitrogens is 1. The van der Waals surface area contributed by atoms with Gasteiger partial charge in [0.1, 0.15) is 0 Å². The number of carbonyl (C=O) groups is 1. The lowest BCUT2D eigenvalue weighted by atomic mass is 10.1. The van der Waals surface area contributed by atoms with Crippen molar-refractivity contribution in [1.82, 2.24) is 9.88 Å². The molecule has 3 heteroatoms. The van der Waals surface area contributed by atoms with Crippen molar-refractivity contribution in [2.75, 3.05) is 13.6 Å². The highest BCUT2D eigenvalue weighted by atomic mass is 16.2. The summed E-state index contributed by atoms with van der Waals surface area (Å²) in [5.41, 5.74) is 3.76. The van der Waals surface area contributed by atoms with Gasteiger partial charge >= 0.3 is 0 Å². The van der Waals surface area contributed by atoms with E-state index in [-0.39, 0.29) is 5.91 Å². The average Bonchev–Trinajstić information content (AvgIpc) is 2.50. The quantitative estimate of drug-likeness (QED) is 0.859. The molecule has 0 N–H and O–H groups in total. The molecule has 108 valence electrons. The molecule has 0 spiro atoms. The van der Waals surface area contributed by atoms with Gasteiger partial charge in [0.2, 0.25) is 0 Å². The first-order valence-electron chi connectivity index (χ1n) is 6.98. The Balaban J connectivity index is 1.99. The van der Waals surface area contributed by atoms with Crippen LogP contribution in [0.2, 0.25) is 0 Å². The molecule has 2 aromatic rings. The number of pyridine rings is 1. The predicted octanol–water partition coefficient (Wildman–Crippen LogP) is 3.48. The van der Waals surface area contributed by atoms with Crippen LogP contribution in [-0.4, -0.2) is 29.4 Å². The van der Waals surface area contributed by atoms with E-state index in [4.69, 9.17) is 0 Å². The van der Waals surface area contributed by atoms with E-state index in [1.807, 2.05) is 62.4 Å². The summed E-state index contributed by atoms with van der Waals surface area (Å²) in [6, 6.07) is 11.9. The van der Waals surface area contributed by atoms with Crippen LogP contribution in [0.3, 0.4) is 0 Å². The van der Waals surface area contributed by atoms with Gasteiger partial charge in [0.05, 0.1) is 5.56 Å². The van der Waals surface area contributed by atoms with Crippen molar-refractivity contribution in [3.63, 3.8) is 0 Å². The van der Waals surface area contributed by atoms with E-state index < -0.39 is 0 Å². The molecule has 0 aliphatic rings. The second-order valence-electron chi connectivity index (χ2n) is 5.13. The van der Waals surface area contributed by atoms with E-state index in [9.17, 15) is 4.79 Å². The molecule has 1 amide bonds. The lowest BCUT2D eigenvalue weighted by Crippen LogP contribution is -2.27. The van der Waals surface area contributed by atoms with Gasteiger partial charge in [-0.3, -0.25) is 9.78 Å². The summed E-state index contributed by atoms with van der Waals surface area (Å²) in [5.74, 6) is -0.0108. The fraction of sp³-hybridized carbons (Fsp3) is 0.222. The van der Waals surface area contributed by atoms with Crippen molar-refractivity contribution < 1.29 is 4.79 Å². The van der Waals surface area contributed by atoms with Crippen LogP contribution in [0.4, 0.5) is 0 Å². The number of likely N-dealkylation sites (N-methyl/N-ethyl adjacent to an activating group) is 1. The molecule has 3 nitrogen and oxygen atoms in total. The van der Waals surface area contributed by atoms with Gasteiger partial charge in [0, 0.05) is 25.5 Å². The minimum Gasteiger partial charge on any atom is -0.338 e. The normalized spacial score (nSPS) is 10.8. The minimum absolute atomic E-state index is 0.0108. The first-order valence-corrected chi connectivity index (χ1v) is 6.98. The van der Waals surface area contributed by atoms with E-state index in [0.717, 1.165) is 16.8 Å². The highest BCUT2D eigenvalue weighted by Gasteiger charge is 2.11. The Morgan fingerprint density at radius 1 is 1.24 bits per heavy atom. The Morgan fingerprint density at radius 3 is 2.62 bits per heavy atom. The number of benzene rings is 1. The smallest absolute Gasteiger partial charge is 0.255 e. The first kappa shape index (κ1) is 15.0. The van der Waals surface area contributed by atoms with Crippen molar-refractivity contribution in [2.45, 2.75) is 13.8 Å². The van der Waals surface area contributed by atoms with E-state index in [1.165, 1.54) is 0 Å². The van der Waals surface area contributed by atoms with E-state index in [0.29, 0.717) is 12.1 Å². The molecule has 21 heavy (non-hydrogen) atoms. The number of amides is 1. The molecule has 0 aliphatic carbocycles. The third-order valence-electron chi connectivity index (χ3n) is 3.42. The van der Waals surface area contributed by atoms with Gasteiger partial charge in [-0.2, -0.15) is 0 Å². The lowest BCUT2D eigenvalue weighted by Gasteiger charge is -2.15. The summed E-state index contributed by atoms with van der Waals surface area (Å²) in [5, 5.41) is 0. The standard InChI is InChI=1S/C18H20N2O/c1-14-12-17(13-19-15(14)2)18(21)20(3)11-7-10-16-8-5-4-6-9-16/h4-10,12-13H,11H2,1-3H3/b10-7+. The molecule has 2 rings (SSSR count). The van der Waals surface area contributed by atoms with Crippen molar-refractivity contribution in [2.24, 2.45) is 0 Å². The molecule has 1 aromatic heterocycles. The van der Waals surface area contributed by atoms with Gasteiger partial charge in [-0.15, -0.1) is 0 Å². The van der Waals surface area contributed by atoms with E-state index in [1.54, 1.807) is 18.1 Å². The van der Waals surface area contributed by atoms with Crippen LogP contribution in [0, 0.1) is 13.8 Å². The highest BCUT2D eigenvalue weighted by molar-refractivity contribution is 5.94. The number of carbonyl (C=O) groups excluding carboxylic acids is 1. The molecular weight excluding hydrogens is 260 g/mol. The van der Waals surface area contributed by atoms with Gasteiger partial charge in [0.15, 0.2) is 0 Å². The number of aryl methyl sites for hydroxylation is 2. The molecule has 1 heterocycles. The van der Waals surface area contributed by atoms with Gasteiger partial charge in [0.25, 0.3) is 5.91 Å². The highest BCUT2D eigenvalue weighted by Crippen LogP contribution is 2.09. The maximum Gasteiger partial charge on any atom is 0.255 e. The maximum absolute atomic E-state index is 12.3. The zero-order valence-corrected chi connectivity index (χ0v) is 12.7. The van der Waals surface area contributed by atoms with Crippen LogP contribution in [0.1, 0.15) is 27.2 Å². The van der Waals surface area contributed by atoms with Crippen LogP contribution in [0.25, 0.3) is 6.08 Å². The zero-order valence-electron chi connectivity index (χ0n) is 12.7. The first-order chi connectivity index (χ1) is 10.1. The lowest BCUT2D eigenvalue weighted by molar-refractivity contribution is 0.0810. The molecule has 0 atom stereocenters. The summed E-state index contributed by atoms with van der Waals surface area (Å²) >= 11 is 0. The Hall–Kier alpha value is -2.42. The summed E-state index contributed by atoms with van der Waals surface area (Å²) in [4.78, 5) is 18.2. The molecule has 0 fully saturated rings. The Labute approximate surface area is 125 Å². The average molecular weight is 280 g/mol. The van der Waals surface area contributed by atoms with Gasteiger partial charge < -0.3 is 4.90 Å². The number of rotatable bonds is 4. The minimum atomic E-state index is -0.0108. The molecule has 0 saturated heterocycles. The largest absolute Gasteiger partial charge is 0.338 e. The van der Waals surface area contributed by atoms with Gasteiger partial charge in [-0.05, 0) is 31.0 Å². The number of hydrogen-bond donors (Lipinski definition) is 0. The second-order valence-corrected chi connectivity index (χ2v) is 5.13. The van der Waals surface area contributed by atoms with Crippen LogP contribution in [-0.2, 0) is 0 Å². The van der Waals surface area contributed by atoms with Crippen molar-refractivity contribution in [1.29, 1.82) is 0 Å². The molecule has 0 aliphatic heterocycles. The summed E-state index contributed by atoms with van der Waals surface area (Å²) < 4.78 is 0. The third kappa shape index (κ3) is 4.02. The Morgan fingerprint density at radius 2 is 1.95 bits per heavy atom. The van der Waals surface area contributed by atoms with Crippen molar-refractivity contribution in [3.05, 3.63) is 71.1 Å². The second kappa shape index (κ2) is 6.84. The number of hydrogen-bond acceptors (Lipinski definition) is 2.